The van der Waals surface area contributed by atoms with Crippen LogP contribution < -0.4 is 15.1 Å². The van der Waals surface area contributed by atoms with Gasteiger partial charge < -0.3 is 24.6 Å². The smallest absolute Gasteiger partial charge is 0.261 e. The van der Waals surface area contributed by atoms with Gasteiger partial charge in [0.15, 0.2) is 0 Å². The average molecular weight is 383 g/mol. The van der Waals surface area contributed by atoms with Gasteiger partial charge in [0, 0.05) is 50.1 Å². The number of benzene rings is 1. The second kappa shape index (κ2) is 7.76. The highest BCUT2D eigenvalue weighted by molar-refractivity contribution is 6.33. The Kier molecular flexibility index (Phi) is 4.99. The minimum atomic E-state index is 0.116. The molecule has 3 saturated heterocycles. The van der Waals surface area contributed by atoms with E-state index >= 15 is 0 Å². The van der Waals surface area contributed by atoms with E-state index in [-0.39, 0.29) is 11.9 Å². The maximum atomic E-state index is 13.6. The van der Waals surface area contributed by atoms with Crippen molar-refractivity contribution >= 4 is 22.9 Å². The van der Waals surface area contributed by atoms with Crippen LogP contribution in [0.1, 0.15) is 37.7 Å². The van der Waals surface area contributed by atoms with E-state index in [0.717, 1.165) is 68.2 Å². The molecule has 0 unspecified atom stereocenters. The van der Waals surface area contributed by atoms with Crippen LogP contribution in [-0.4, -0.2) is 58.0 Å². The molecule has 1 aromatic rings. The van der Waals surface area contributed by atoms with Crippen LogP contribution in [0.15, 0.2) is 23.9 Å². The Morgan fingerprint density at radius 1 is 1.00 bits per heavy atom. The van der Waals surface area contributed by atoms with Crippen molar-refractivity contribution in [2.75, 3.05) is 55.9 Å². The predicted octanol–water partition coefficient (Wildman–Crippen LogP) is 2.53. The SMILES string of the molecule is O=C1/C(=C2/COCCN2)c2cc(N3CCCCC3)ccc2N1C1CCOCC1. The molecule has 3 fully saturated rings. The topological polar surface area (TPSA) is 54.0 Å². The average Bonchev–Trinajstić information content (AvgIpc) is 3.06. The molecule has 0 aliphatic carbocycles. The van der Waals surface area contributed by atoms with E-state index in [2.05, 4.69) is 28.4 Å². The Hall–Kier alpha value is -2.05. The summed E-state index contributed by atoms with van der Waals surface area (Å²) < 4.78 is 11.2. The number of piperidine rings is 1. The Morgan fingerprint density at radius 3 is 2.57 bits per heavy atom. The van der Waals surface area contributed by atoms with Gasteiger partial charge in [-0.1, -0.05) is 0 Å². The lowest BCUT2D eigenvalue weighted by Gasteiger charge is -2.32. The monoisotopic (exact) mass is 383 g/mol. The van der Waals surface area contributed by atoms with Gasteiger partial charge in [-0.25, -0.2) is 0 Å². The number of carbonyl (C=O) groups is 1. The molecule has 4 aliphatic heterocycles. The molecule has 0 radical (unpaired) electrons. The van der Waals surface area contributed by atoms with Crippen molar-refractivity contribution in [3.63, 3.8) is 0 Å². The second-order valence-electron chi connectivity index (χ2n) is 8.10. The Balaban J connectivity index is 1.57. The van der Waals surface area contributed by atoms with Gasteiger partial charge in [-0.3, -0.25) is 4.79 Å². The van der Waals surface area contributed by atoms with E-state index in [4.69, 9.17) is 9.47 Å². The fraction of sp³-hybridized carbons (Fsp3) is 0.591. The van der Waals surface area contributed by atoms with Crippen molar-refractivity contribution in [2.45, 2.75) is 38.1 Å². The summed E-state index contributed by atoms with van der Waals surface area (Å²) in [6.45, 7) is 5.58. The Labute approximate surface area is 166 Å². The number of ether oxygens (including phenoxy) is 2. The predicted molar refractivity (Wildman–Crippen MR) is 110 cm³/mol. The van der Waals surface area contributed by atoms with E-state index in [1.807, 2.05) is 4.90 Å². The van der Waals surface area contributed by atoms with Crippen molar-refractivity contribution < 1.29 is 14.3 Å². The van der Waals surface area contributed by atoms with Crippen LogP contribution in [0.3, 0.4) is 0 Å². The molecule has 6 heteroatoms. The number of hydrogen-bond donors (Lipinski definition) is 1. The van der Waals surface area contributed by atoms with Gasteiger partial charge in [-0.2, -0.15) is 0 Å². The molecule has 0 saturated carbocycles. The Bertz CT molecular complexity index is 771. The third kappa shape index (κ3) is 3.18. The van der Waals surface area contributed by atoms with Gasteiger partial charge in [0.25, 0.3) is 5.91 Å². The van der Waals surface area contributed by atoms with Gasteiger partial charge in [0.1, 0.15) is 0 Å². The lowest BCUT2D eigenvalue weighted by molar-refractivity contribution is -0.113. The first-order chi connectivity index (χ1) is 13.8. The van der Waals surface area contributed by atoms with Crippen molar-refractivity contribution in [3.05, 3.63) is 29.5 Å². The van der Waals surface area contributed by atoms with E-state index < -0.39 is 0 Å². The van der Waals surface area contributed by atoms with Crippen LogP contribution in [-0.2, 0) is 14.3 Å². The van der Waals surface area contributed by atoms with Gasteiger partial charge in [0.05, 0.1) is 30.2 Å². The molecule has 1 aromatic carbocycles. The first-order valence-corrected chi connectivity index (χ1v) is 10.7. The molecule has 0 bridgehead atoms. The first kappa shape index (κ1) is 18.0. The summed E-state index contributed by atoms with van der Waals surface area (Å²) >= 11 is 0. The number of rotatable bonds is 2. The highest BCUT2D eigenvalue weighted by Gasteiger charge is 2.40. The molecule has 0 aromatic heterocycles. The number of morpholine rings is 1. The van der Waals surface area contributed by atoms with Crippen LogP contribution in [0.2, 0.25) is 0 Å². The van der Waals surface area contributed by atoms with Crippen LogP contribution in [0, 0.1) is 0 Å². The molecule has 6 nitrogen and oxygen atoms in total. The van der Waals surface area contributed by atoms with Gasteiger partial charge >= 0.3 is 0 Å². The molecule has 1 amide bonds. The summed E-state index contributed by atoms with van der Waals surface area (Å²) in [6, 6.07) is 6.80. The zero-order valence-corrected chi connectivity index (χ0v) is 16.4. The number of amides is 1. The van der Waals surface area contributed by atoms with Gasteiger partial charge in [-0.15, -0.1) is 0 Å². The zero-order valence-electron chi connectivity index (χ0n) is 16.4. The van der Waals surface area contributed by atoms with E-state index in [9.17, 15) is 4.79 Å². The molecule has 28 heavy (non-hydrogen) atoms. The number of nitrogens with one attached hydrogen (secondary N) is 1. The lowest BCUT2D eigenvalue weighted by atomic mass is 10.0. The van der Waals surface area contributed by atoms with E-state index in [0.29, 0.717) is 13.2 Å². The fourth-order valence-electron chi connectivity index (χ4n) is 4.89. The fourth-order valence-corrected chi connectivity index (χ4v) is 4.89. The highest BCUT2D eigenvalue weighted by Crippen LogP contribution is 2.43. The largest absolute Gasteiger partial charge is 0.383 e. The summed E-state index contributed by atoms with van der Waals surface area (Å²) in [7, 11) is 0. The number of anilines is 2. The molecule has 4 aliphatic rings. The number of fused-ring (bicyclic) bond motifs is 1. The van der Waals surface area contributed by atoms with Crippen molar-refractivity contribution in [1.82, 2.24) is 5.32 Å². The maximum Gasteiger partial charge on any atom is 0.261 e. The van der Waals surface area contributed by atoms with Crippen LogP contribution in [0.4, 0.5) is 11.4 Å². The molecular formula is C22H29N3O3. The van der Waals surface area contributed by atoms with Crippen molar-refractivity contribution in [3.8, 4) is 0 Å². The zero-order chi connectivity index (χ0) is 18.9. The standard InChI is InChI=1S/C22H29N3O3/c26-22-21(19-15-28-13-8-23-19)18-14-17(24-9-2-1-3-10-24)4-5-20(18)25(22)16-6-11-27-12-7-16/h4-5,14,16,23H,1-3,6-13,15H2/b21-19-. The molecule has 4 heterocycles. The summed E-state index contributed by atoms with van der Waals surface area (Å²) in [5, 5.41) is 3.42. The van der Waals surface area contributed by atoms with Crippen LogP contribution in [0.25, 0.3) is 5.57 Å². The van der Waals surface area contributed by atoms with Crippen molar-refractivity contribution in [1.29, 1.82) is 0 Å². The molecule has 0 spiro atoms. The minimum absolute atomic E-state index is 0.116. The van der Waals surface area contributed by atoms with Crippen LogP contribution >= 0.6 is 0 Å². The highest BCUT2D eigenvalue weighted by atomic mass is 16.5. The van der Waals surface area contributed by atoms with Gasteiger partial charge in [-0.05, 0) is 50.3 Å². The quantitative estimate of drug-likeness (QED) is 0.796. The lowest BCUT2D eigenvalue weighted by Crippen LogP contribution is -2.42. The molecular weight excluding hydrogens is 354 g/mol. The number of nitrogens with zero attached hydrogens (tertiary/aromatic N) is 2. The summed E-state index contributed by atoms with van der Waals surface area (Å²) in [5.74, 6) is 0.116. The van der Waals surface area contributed by atoms with Crippen molar-refractivity contribution in [2.24, 2.45) is 0 Å². The minimum Gasteiger partial charge on any atom is -0.383 e. The maximum absolute atomic E-state index is 13.6. The summed E-state index contributed by atoms with van der Waals surface area (Å²) in [5.41, 5.74) is 5.08. The van der Waals surface area contributed by atoms with Gasteiger partial charge in [0.2, 0.25) is 0 Å². The summed E-state index contributed by atoms with van der Waals surface area (Å²) in [6.07, 6.45) is 5.59. The second-order valence-corrected chi connectivity index (χ2v) is 8.10. The van der Waals surface area contributed by atoms with E-state index in [1.165, 1.54) is 24.9 Å². The summed E-state index contributed by atoms with van der Waals surface area (Å²) in [4.78, 5) is 18.0. The number of hydrogen-bond acceptors (Lipinski definition) is 5. The van der Waals surface area contributed by atoms with Crippen LogP contribution in [0.5, 0.6) is 0 Å². The third-order valence-corrected chi connectivity index (χ3v) is 6.35. The van der Waals surface area contributed by atoms with E-state index in [1.54, 1.807) is 0 Å². The molecule has 1 N–H and O–H groups in total. The third-order valence-electron chi connectivity index (χ3n) is 6.35. The normalized spacial score (nSPS) is 26.4. The molecule has 0 atom stereocenters. The number of carbonyl (C=O) groups excluding carboxylic acids is 1. The first-order valence-electron chi connectivity index (χ1n) is 10.7. The molecule has 5 rings (SSSR count). The Morgan fingerprint density at radius 2 is 1.82 bits per heavy atom. The molecule has 150 valence electrons.